The van der Waals surface area contributed by atoms with Crippen molar-refractivity contribution in [3.05, 3.63) is 93.7 Å². The molecule has 0 saturated heterocycles. The summed E-state index contributed by atoms with van der Waals surface area (Å²) in [5, 5.41) is 10.7. The zero-order valence-electron chi connectivity index (χ0n) is 14.2. The van der Waals surface area contributed by atoms with E-state index in [0.29, 0.717) is 17.5 Å². The van der Waals surface area contributed by atoms with Crippen LogP contribution in [0.1, 0.15) is 29.0 Å². The summed E-state index contributed by atoms with van der Waals surface area (Å²) in [6, 6.07) is 19.7. The lowest BCUT2D eigenvalue weighted by atomic mass is 9.80. The van der Waals surface area contributed by atoms with Gasteiger partial charge in [0.2, 0.25) is 5.88 Å². The Morgan fingerprint density at radius 3 is 2.62 bits per heavy atom. The van der Waals surface area contributed by atoms with Crippen LogP contribution in [0.15, 0.2) is 66.9 Å². The van der Waals surface area contributed by atoms with Crippen molar-refractivity contribution in [2.45, 2.75) is 25.2 Å². The predicted molar refractivity (Wildman–Crippen MR) is 98.6 cm³/mol. The van der Waals surface area contributed by atoms with Crippen LogP contribution in [0.5, 0.6) is 11.6 Å². The summed E-state index contributed by atoms with van der Waals surface area (Å²) < 4.78 is 5.76. The molecular weight excluding hydrogens is 328 g/mol. The maximum atomic E-state index is 10.7. The average molecular weight is 346 g/mol. The molecule has 0 N–H and O–H groups in total. The second-order valence-electron chi connectivity index (χ2n) is 6.49. The number of aryl methyl sites for hydroxylation is 1. The van der Waals surface area contributed by atoms with Gasteiger partial charge in [-0.15, -0.1) is 0 Å². The van der Waals surface area contributed by atoms with Gasteiger partial charge in [-0.05, 0) is 54.0 Å². The molecule has 1 aliphatic carbocycles. The normalized spacial score (nSPS) is 15.9. The first-order valence-corrected chi connectivity index (χ1v) is 8.64. The summed E-state index contributed by atoms with van der Waals surface area (Å²) in [5.41, 5.74) is 4.01. The molecule has 0 fully saturated rings. The Kier molecular flexibility index (Phi) is 4.35. The molecule has 5 nitrogen and oxygen atoms in total. The van der Waals surface area contributed by atoms with Crippen molar-refractivity contribution in [1.29, 1.82) is 0 Å². The fraction of sp³-hybridized carbons (Fsp3) is 0.190. The molecule has 2 aromatic carbocycles. The maximum absolute atomic E-state index is 10.7. The van der Waals surface area contributed by atoms with E-state index < -0.39 is 4.92 Å². The summed E-state index contributed by atoms with van der Waals surface area (Å²) in [5.74, 6) is 1.63. The third kappa shape index (κ3) is 3.42. The number of ether oxygens (including phenoxy) is 1. The molecule has 0 bridgehead atoms. The predicted octanol–water partition coefficient (Wildman–Crippen LogP) is 5.05. The first kappa shape index (κ1) is 16.3. The van der Waals surface area contributed by atoms with E-state index in [1.807, 2.05) is 6.07 Å². The quantitative estimate of drug-likeness (QED) is 0.489. The number of hydrogen-bond donors (Lipinski definition) is 0. The fourth-order valence-electron chi connectivity index (χ4n) is 3.47. The van der Waals surface area contributed by atoms with Gasteiger partial charge in [0, 0.05) is 12.1 Å². The highest BCUT2D eigenvalue weighted by Crippen LogP contribution is 2.35. The van der Waals surface area contributed by atoms with Crippen molar-refractivity contribution in [2.75, 3.05) is 0 Å². The van der Waals surface area contributed by atoms with E-state index in [1.165, 1.54) is 35.0 Å². The van der Waals surface area contributed by atoms with Crippen LogP contribution in [0.25, 0.3) is 0 Å². The van der Waals surface area contributed by atoms with Crippen molar-refractivity contribution < 1.29 is 9.66 Å². The number of pyridine rings is 1. The Bertz CT molecular complexity index is 924. The minimum absolute atomic E-state index is 0.0465. The number of nitrogens with zero attached hydrogens (tertiary/aromatic N) is 2. The lowest BCUT2D eigenvalue weighted by Crippen LogP contribution is -2.12. The number of benzene rings is 2. The number of rotatable bonds is 4. The molecule has 0 amide bonds. The van der Waals surface area contributed by atoms with E-state index in [2.05, 4.69) is 47.4 Å². The van der Waals surface area contributed by atoms with Crippen LogP contribution in [-0.2, 0) is 12.8 Å². The van der Waals surface area contributed by atoms with E-state index in [0.717, 1.165) is 19.3 Å². The Morgan fingerprint density at radius 2 is 1.88 bits per heavy atom. The summed E-state index contributed by atoms with van der Waals surface area (Å²) >= 11 is 0. The summed E-state index contributed by atoms with van der Waals surface area (Å²) in [4.78, 5) is 14.2. The average Bonchev–Trinajstić information content (AvgIpc) is 2.69. The molecule has 1 aromatic heterocycles. The van der Waals surface area contributed by atoms with Crippen LogP contribution in [0.4, 0.5) is 5.69 Å². The van der Waals surface area contributed by atoms with Crippen molar-refractivity contribution in [2.24, 2.45) is 0 Å². The Hall–Kier alpha value is -3.21. The lowest BCUT2D eigenvalue weighted by Gasteiger charge is -2.25. The smallest absolute Gasteiger partial charge is 0.287 e. The van der Waals surface area contributed by atoms with Crippen molar-refractivity contribution in [1.82, 2.24) is 4.98 Å². The van der Waals surface area contributed by atoms with Gasteiger partial charge >= 0.3 is 0 Å². The van der Waals surface area contributed by atoms with Crippen molar-refractivity contribution >= 4 is 5.69 Å². The van der Waals surface area contributed by atoms with Crippen LogP contribution >= 0.6 is 0 Å². The van der Waals surface area contributed by atoms with Crippen molar-refractivity contribution in [3.8, 4) is 11.6 Å². The third-order valence-electron chi connectivity index (χ3n) is 4.83. The van der Waals surface area contributed by atoms with E-state index in [9.17, 15) is 10.1 Å². The van der Waals surface area contributed by atoms with Gasteiger partial charge in [-0.1, -0.05) is 36.4 Å². The molecule has 1 atom stereocenters. The van der Waals surface area contributed by atoms with Gasteiger partial charge in [0.1, 0.15) is 11.9 Å². The van der Waals surface area contributed by atoms with Crippen LogP contribution in [0.3, 0.4) is 0 Å². The number of hydrogen-bond acceptors (Lipinski definition) is 4. The van der Waals surface area contributed by atoms with Crippen molar-refractivity contribution in [3.63, 3.8) is 0 Å². The largest absolute Gasteiger partial charge is 0.439 e. The molecule has 1 aliphatic rings. The molecule has 4 rings (SSSR count). The van der Waals surface area contributed by atoms with Gasteiger partial charge in [0.15, 0.2) is 0 Å². The molecule has 0 radical (unpaired) electrons. The molecule has 26 heavy (non-hydrogen) atoms. The molecule has 0 saturated carbocycles. The highest BCUT2D eigenvalue weighted by Gasteiger charge is 2.20. The molecule has 0 spiro atoms. The van der Waals surface area contributed by atoms with Crippen LogP contribution in [-0.4, -0.2) is 9.91 Å². The van der Waals surface area contributed by atoms with Gasteiger partial charge in [0.05, 0.1) is 4.92 Å². The van der Waals surface area contributed by atoms with E-state index in [-0.39, 0.29) is 5.69 Å². The first-order chi connectivity index (χ1) is 12.7. The second-order valence-corrected chi connectivity index (χ2v) is 6.49. The number of fused-ring (bicyclic) bond motifs is 1. The van der Waals surface area contributed by atoms with Gasteiger partial charge in [-0.3, -0.25) is 10.1 Å². The molecule has 1 heterocycles. The minimum atomic E-state index is -0.473. The van der Waals surface area contributed by atoms with Crippen LogP contribution < -0.4 is 4.74 Å². The van der Waals surface area contributed by atoms with Gasteiger partial charge in [0.25, 0.3) is 5.69 Å². The monoisotopic (exact) mass is 346 g/mol. The first-order valence-electron chi connectivity index (χ1n) is 8.64. The standard InChI is InChI=1S/C21H18N2O3/c24-23(25)19-9-11-21(22-14-19)26-20-10-8-17-12-16(6-7-18(17)13-20)15-4-2-1-3-5-15/h1-5,8-11,13-14,16H,6-7,12H2. The van der Waals surface area contributed by atoms with Crippen LogP contribution in [0.2, 0.25) is 0 Å². The molecule has 5 heteroatoms. The number of aromatic nitrogens is 1. The molecule has 3 aromatic rings. The van der Waals surface area contributed by atoms with Gasteiger partial charge in [-0.25, -0.2) is 4.98 Å². The molecule has 130 valence electrons. The highest BCUT2D eigenvalue weighted by atomic mass is 16.6. The van der Waals surface area contributed by atoms with E-state index in [4.69, 9.17) is 4.74 Å². The van der Waals surface area contributed by atoms with E-state index in [1.54, 1.807) is 0 Å². The fourth-order valence-corrected chi connectivity index (χ4v) is 3.47. The second kappa shape index (κ2) is 6.96. The third-order valence-corrected chi connectivity index (χ3v) is 4.83. The van der Waals surface area contributed by atoms with Crippen LogP contribution in [0, 0.1) is 10.1 Å². The topological polar surface area (TPSA) is 65.3 Å². The zero-order valence-corrected chi connectivity index (χ0v) is 14.2. The minimum Gasteiger partial charge on any atom is -0.439 e. The number of nitro groups is 1. The maximum Gasteiger partial charge on any atom is 0.287 e. The van der Waals surface area contributed by atoms with Gasteiger partial charge in [-0.2, -0.15) is 0 Å². The lowest BCUT2D eigenvalue weighted by molar-refractivity contribution is -0.385. The Morgan fingerprint density at radius 1 is 1.04 bits per heavy atom. The molecule has 0 aliphatic heterocycles. The molecular formula is C21H18N2O3. The summed E-state index contributed by atoms with van der Waals surface area (Å²) in [6.07, 6.45) is 4.38. The summed E-state index contributed by atoms with van der Waals surface area (Å²) in [6.45, 7) is 0. The SMILES string of the molecule is O=[N+]([O-])c1ccc(Oc2ccc3c(c2)CCC(c2ccccc2)C3)nc1. The van der Waals surface area contributed by atoms with Gasteiger partial charge < -0.3 is 4.74 Å². The molecule has 1 unspecified atom stereocenters. The van der Waals surface area contributed by atoms with E-state index >= 15 is 0 Å². The zero-order chi connectivity index (χ0) is 17.9. The Labute approximate surface area is 151 Å². The highest BCUT2D eigenvalue weighted by molar-refractivity contribution is 5.41. The Balaban J connectivity index is 1.49. The summed E-state index contributed by atoms with van der Waals surface area (Å²) in [7, 11) is 0.